The molecule has 90 valence electrons. The summed E-state index contributed by atoms with van der Waals surface area (Å²) in [4.78, 5) is 6.61. The summed E-state index contributed by atoms with van der Waals surface area (Å²) in [6.07, 6.45) is 2.30. The number of ether oxygens (including phenoxy) is 1. The Bertz CT molecular complexity index is 618. The van der Waals surface area contributed by atoms with Crippen LogP contribution in [-0.2, 0) is 0 Å². The quantitative estimate of drug-likeness (QED) is 0.807. The van der Waals surface area contributed by atoms with Crippen LogP contribution in [0.3, 0.4) is 0 Å². The minimum absolute atomic E-state index is 0.524. The number of hydrogen-bond acceptors (Lipinski definition) is 4. The van der Waals surface area contributed by atoms with Gasteiger partial charge in [0.2, 0.25) is 0 Å². The number of rotatable bonds is 2. The van der Waals surface area contributed by atoms with Crippen LogP contribution in [0.5, 0.6) is 5.75 Å². The van der Waals surface area contributed by atoms with E-state index in [9.17, 15) is 0 Å². The molecular weight excluding hydrogens is 226 g/mol. The first kappa shape index (κ1) is 10.8. The number of benzene rings is 1. The third-order valence-electron chi connectivity index (χ3n) is 3.14. The molecule has 0 amide bonds. The van der Waals surface area contributed by atoms with Gasteiger partial charge in [-0.05, 0) is 6.07 Å². The zero-order valence-electron chi connectivity index (χ0n) is 9.97. The minimum atomic E-state index is 0.524. The molecule has 0 aliphatic carbocycles. The van der Waals surface area contributed by atoms with E-state index in [0.717, 1.165) is 35.4 Å². The molecule has 2 aromatic rings. The molecule has 1 aliphatic rings. The number of aromatic nitrogens is 1. The predicted octanol–water partition coefficient (Wildman–Crippen LogP) is 2.35. The van der Waals surface area contributed by atoms with Crippen LogP contribution in [0, 0.1) is 11.3 Å². The normalized spacial score (nSPS) is 13.8. The van der Waals surface area contributed by atoms with Crippen molar-refractivity contribution in [1.29, 1.82) is 5.26 Å². The standard InChI is InChI=1S/C14H13N3O/c15-6-3-7-17-8-9-18-13-10-16-12-5-2-1-4-11(12)14(13)17/h1-2,4-5,10H,3,7-9H2. The summed E-state index contributed by atoms with van der Waals surface area (Å²) in [5.41, 5.74) is 2.03. The summed E-state index contributed by atoms with van der Waals surface area (Å²) in [5.74, 6) is 0.817. The van der Waals surface area contributed by atoms with Crippen LogP contribution in [0.2, 0.25) is 0 Å². The summed E-state index contributed by atoms with van der Waals surface area (Å²) in [6.45, 7) is 2.21. The highest BCUT2D eigenvalue weighted by Crippen LogP contribution is 2.37. The zero-order chi connectivity index (χ0) is 12.4. The fourth-order valence-corrected chi connectivity index (χ4v) is 2.33. The number of pyridine rings is 1. The van der Waals surface area contributed by atoms with Crippen LogP contribution < -0.4 is 9.64 Å². The summed E-state index contributed by atoms with van der Waals surface area (Å²) in [6, 6.07) is 10.2. The molecule has 0 atom stereocenters. The third-order valence-corrected chi connectivity index (χ3v) is 3.14. The Kier molecular flexibility index (Phi) is 2.73. The molecule has 0 fully saturated rings. The predicted molar refractivity (Wildman–Crippen MR) is 69.7 cm³/mol. The van der Waals surface area contributed by atoms with E-state index in [1.165, 1.54) is 0 Å². The second-order valence-corrected chi connectivity index (χ2v) is 4.23. The lowest BCUT2D eigenvalue weighted by Gasteiger charge is -2.31. The molecule has 1 aromatic carbocycles. The summed E-state index contributed by atoms with van der Waals surface area (Å²) in [7, 11) is 0. The highest BCUT2D eigenvalue weighted by atomic mass is 16.5. The van der Waals surface area contributed by atoms with Crippen LogP contribution >= 0.6 is 0 Å². The topological polar surface area (TPSA) is 49.2 Å². The number of anilines is 1. The molecule has 4 heteroatoms. The van der Waals surface area contributed by atoms with Gasteiger partial charge >= 0.3 is 0 Å². The van der Waals surface area contributed by atoms with E-state index in [-0.39, 0.29) is 0 Å². The van der Waals surface area contributed by atoms with Crippen LogP contribution in [0.4, 0.5) is 5.69 Å². The van der Waals surface area contributed by atoms with Gasteiger partial charge in [0.25, 0.3) is 0 Å². The third kappa shape index (κ3) is 1.74. The Morgan fingerprint density at radius 2 is 2.28 bits per heavy atom. The Labute approximate surface area is 105 Å². The molecule has 1 aliphatic heterocycles. The first-order valence-corrected chi connectivity index (χ1v) is 6.02. The number of para-hydroxylation sites is 1. The van der Waals surface area contributed by atoms with Gasteiger partial charge in [-0.1, -0.05) is 18.2 Å². The van der Waals surface area contributed by atoms with Gasteiger partial charge in [-0.25, -0.2) is 0 Å². The molecule has 0 bridgehead atoms. The minimum Gasteiger partial charge on any atom is -0.488 e. The second kappa shape index (κ2) is 4.53. The Hall–Kier alpha value is -2.28. The molecule has 0 N–H and O–H groups in total. The molecule has 0 spiro atoms. The van der Waals surface area contributed by atoms with E-state index in [1.807, 2.05) is 18.2 Å². The number of fused-ring (bicyclic) bond motifs is 3. The molecule has 3 rings (SSSR count). The maximum atomic E-state index is 8.74. The van der Waals surface area contributed by atoms with E-state index in [2.05, 4.69) is 22.0 Å². The van der Waals surface area contributed by atoms with E-state index in [4.69, 9.17) is 10.00 Å². The number of nitriles is 1. The summed E-state index contributed by atoms with van der Waals surface area (Å²) < 4.78 is 5.65. The van der Waals surface area contributed by atoms with Gasteiger partial charge in [0.1, 0.15) is 6.61 Å². The highest BCUT2D eigenvalue weighted by Gasteiger charge is 2.20. The lowest BCUT2D eigenvalue weighted by Crippen LogP contribution is -2.33. The fraction of sp³-hybridized carbons (Fsp3) is 0.286. The van der Waals surface area contributed by atoms with Gasteiger partial charge in [0.15, 0.2) is 5.75 Å². The molecule has 18 heavy (non-hydrogen) atoms. The van der Waals surface area contributed by atoms with Crippen LogP contribution in [0.1, 0.15) is 6.42 Å². The van der Waals surface area contributed by atoms with Crippen molar-refractivity contribution in [2.75, 3.05) is 24.6 Å². The van der Waals surface area contributed by atoms with Crippen molar-refractivity contribution in [2.24, 2.45) is 0 Å². The first-order chi connectivity index (χ1) is 8.90. The number of nitrogens with zero attached hydrogens (tertiary/aromatic N) is 3. The molecular formula is C14H13N3O. The summed E-state index contributed by atoms with van der Waals surface area (Å²) in [5, 5.41) is 9.83. The van der Waals surface area contributed by atoms with Crippen molar-refractivity contribution < 1.29 is 4.74 Å². The van der Waals surface area contributed by atoms with Crippen LogP contribution in [0.15, 0.2) is 30.5 Å². The number of hydrogen-bond donors (Lipinski definition) is 0. The molecule has 0 saturated carbocycles. The fourth-order valence-electron chi connectivity index (χ4n) is 2.33. The average molecular weight is 239 g/mol. The maximum absolute atomic E-state index is 8.74. The molecule has 1 aromatic heterocycles. The van der Waals surface area contributed by atoms with E-state index in [0.29, 0.717) is 13.0 Å². The average Bonchev–Trinajstić information content (AvgIpc) is 2.44. The van der Waals surface area contributed by atoms with Crippen molar-refractivity contribution in [1.82, 2.24) is 4.98 Å². The van der Waals surface area contributed by atoms with Gasteiger partial charge in [-0.2, -0.15) is 5.26 Å². The Morgan fingerprint density at radius 1 is 1.39 bits per heavy atom. The lowest BCUT2D eigenvalue weighted by atomic mass is 10.1. The van der Waals surface area contributed by atoms with Gasteiger partial charge in [0, 0.05) is 11.9 Å². The van der Waals surface area contributed by atoms with Gasteiger partial charge in [0.05, 0.1) is 36.4 Å². The molecule has 0 unspecified atom stereocenters. The SMILES string of the molecule is N#CCCN1CCOc2cnc3ccccc3c21. The molecule has 2 heterocycles. The van der Waals surface area contributed by atoms with Crippen molar-refractivity contribution in [2.45, 2.75) is 6.42 Å². The summed E-state index contributed by atoms with van der Waals surface area (Å²) >= 11 is 0. The Morgan fingerprint density at radius 3 is 3.17 bits per heavy atom. The molecule has 4 nitrogen and oxygen atoms in total. The smallest absolute Gasteiger partial charge is 0.161 e. The van der Waals surface area contributed by atoms with Crippen molar-refractivity contribution >= 4 is 16.6 Å². The van der Waals surface area contributed by atoms with E-state index in [1.54, 1.807) is 6.20 Å². The van der Waals surface area contributed by atoms with E-state index >= 15 is 0 Å². The molecule has 0 saturated heterocycles. The van der Waals surface area contributed by atoms with Crippen LogP contribution in [0.25, 0.3) is 10.9 Å². The van der Waals surface area contributed by atoms with E-state index < -0.39 is 0 Å². The monoisotopic (exact) mass is 239 g/mol. The first-order valence-electron chi connectivity index (χ1n) is 6.02. The van der Waals surface area contributed by atoms with Crippen LogP contribution in [-0.4, -0.2) is 24.7 Å². The largest absolute Gasteiger partial charge is 0.488 e. The highest BCUT2D eigenvalue weighted by molar-refractivity contribution is 5.95. The second-order valence-electron chi connectivity index (χ2n) is 4.23. The lowest BCUT2D eigenvalue weighted by molar-refractivity contribution is 0.307. The van der Waals surface area contributed by atoms with Gasteiger partial charge < -0.3 is 9.64 Å². The maximum Gasteiger partial charge on any atom is 0.161 e. The zero-order valence-corrected chi connectivity index (χ0v) is 9.97. The van der Waals surface area contributed by atoms with Gasteiger partial charge in [-0.15, -0.1) is 0 Å². The Balaban J connectivity index is 2.13. The van der Waals surface area contributed by atoms with Crippen molar-refractivity contribution in [3.05, 3.63) is 30.5 Å². The molecule has 0 radical (unpaired) electrons. The van der Waals surface area contributed by atoms with Gasteiger partial charge in [-0.3, -0.25) is 4.98 Å². The van der Waals surface area contributed by atoms with Crippen molar-refractivity contribution in [3.8, 4) is 11.8 Å². The van der Waals surface area contributed by atoms with Crippen molar-refractivity contribution in [3.63, 3.8) is 0 Å².